The van der Waals surface area contributed by atoms with Gasteiger partial charge in [-0.3, -0.25) is 9.78 Å². The van der Waals surface area contributed by atoms with Crippen LogP contribution < -0.4 is 16.0 Å². The minimum atomic E-state index is -0.618. The number of aromatic nitrogens is 4. The Kier molecular flexibility index (Phi) is 4.30. The average Bonchev–Trinajstić information content (AvgIpc) is 2.97. The number of hydrogen-bond acceptors (Lipinski definition) is 6. The Balaban J connectivity index is 1.70. The van der Waals surface area contributed by atoms with Gasteiger partial charge >= 0.3 is 0 Å². The molecular weight excluding hydrogens is 356 g/mol. The van der Waals surface area contributed by atoms with Gasteiger partial charge < -0.3 is 16.0 Å². The number of nitrogens with two attached hydrogens (primary N) is 1. The molecule has 1 fully saturated rings. The number of amides is 1. The van der Waals surface area contributed by atoms with Crippen LogP contribution in [-0.4, -0.2) is 38.6 Å². The van der Waals surface area contributed by atoms with Crippen molar-refractivity contribution >= 4 is 28.7 Å². The first-order valence-electron chi connectivity index (χ1n) is 8.54. The second kappa shape index (κ2) is 6.78. The zero-order valence-corrected chi connectivity index (χ0v) is 14.3. The summed E-state index contributed by atoms with van der Waals surface area (Å²) >= 11 is 0. The number of pyridine rings is 1. The third-order valence-corrected chi connectivity index (χ3v) is 4.49. The van der Waals surface area contributed by atoms with Crippen molar-refractivity contribution in [3.05, 3.63) is 42.0 Å². The van der Waals surface area contributed by atoms with E-state index >= 15 is 0 Å². The van der Waals surface area contributed by atoms with E-state index in [1.54, 1.807) is 0 Å². The number of piperidine rings is 1. The van der Waals surface area contributed by atoms with E-state index in [1.165, 1.54) is 6.20 Å². The molecule has 0 spiro atoms. The lowest BCUT2D eigenvalue weighted by Crippen LogP contribution is -2.31. The molecule has 4 heterocycles. The number of nitrogen functional groups attached to an aromatic ring is 1. The molecule has 3 N–H and O–H groups in total. The third kappa shape index (κ3) is 3.14. The predicted octanol–water partition coefficient (Wildman–Crippen LogP) is 2.23. The molecule has 0 bridgehead atoms. The van der Waals surface area contributed by atoms with Crippen molar-refractivity contribution in [2.24, 2.45) is 0 Å². The molecule has 3 aromatic heterocycles. The smallest absolute Gasteiger partial charge is 0.263 e. The molecule has 0 saturated carbocycles. The lowest BCUT2D eigenvalue weighted by atomic mass is 10.1. The van der Waals surface area contributed by atoms with Crippen molar-refractivity contribution in [1.29, 1.82) is 0 Å². The minimum Gasteiger partial charge on any atom is -0.381 e. The molecule has 8 nitrogen and oxygen atoms in total. The van der Waals surface area contributed by atoms with Gasteiger partial charge in [-0.05, 0) is 19.3 Å². The van der Waals surface area contributed by atoms with Gasteiger partial charge in [-0.2, -0.15) is 0 Å². The number of halogens is 2. The van der Waals surface area contributed by atoms with Gasteiger partial charge in [-0.15, -0.1) is 5.10 Å². The first-order valence-corrected chi connectivity index (χ1v) is 8.54. The van der Waals surface area contributed by atoms with Crippen LogP contribution >= 0.6 is 0 Å². The van der Waals surface area contributed by atoms with E-state index in [4.69, 9.17) is 5.73 Å². The van der Waals surface area contributed by atoms with Crippen molar-refractivity contribution < 1.29 is 13.6 Å². The Hall–Kier alpha value is -3.30. The van der Waals surface area contributed by atoms with Gasteiger partial charge in [0.2, 0.25) is 0 Å². The van der Waals surface area contributed by atoms with Gasteiger partial charge in [0, 0.05) is 13.1 Å². The van der Waals surface area contributed by atoms with E-state index in [9.17, 15) is 13.6 Å². The second-order valence-corrected chi connectivity index (χ2v) is 6.32. The van der Waals surface area contributed by atoms with E-state index in [1.807, 2.05) is 4.90 Å². The molecule has 3 aromatic rings. The van der Waals surface area contributed by atoms with Crippen molar-refractivity contribution in [3.63, 3.8) is 0 Å². The molecule has 4 rings (SSSR count). The van der Waals surface area contributed by atoms with Crippen molar-refractivity contribution in [1.82, 2.24) is 19.6 Å². The molecule has 140 valence electrons. The van der Waals surface area contributed by atoms with Crippen LogP contribution in [0.1, 0.15) is 29.6 Å². The topological polar surface area (TPSA) is 101 Å². The first kappa shape index (κ1) is 17.1. The Morgan fingerprint density at radius 2 is 1.93 bits per heavy atom. The highest BCUT2D eigenvalue weighted by Gasteiger charge is 2.24. The summed E-state index contributed by atoms with van der Waals surface area (Å²) in [4.78, 5) is 22.4. The first-order chi connectivity index (χ1) is 13.0. The van der Waals surface area contributed by atoms with Gasteiger partial charge in [0.25, 0.3) is 5.91 Å². The second-order valence-electron chi connectivity index (χ2n) is 6.32. The maximum Gasteiger partial charge on any atom is 0.263 e. The van der Waals surface area contributed by atoms with Gasteiger partial charge in [-0.25, -0.2) is 18.3 Å². The normalized spacial score (nSPS) is 14.5. The fourth-order valence-corrected chi connectivity index (χ4v) is 3.29. The zero-order valence-electron chi connectivity index (χ0n) is 14.3. The van der Waals surface area contributed by atoms with Crippen LogP contribution in [0.5, 0.6) is 0 Å². The Morgan fingerprint density at radius 1 is 1.15 bits per heavy atom. The van der Waals surface area contributed by atoms with E-state index in [-0.39, 0.29) is 22.7 Å². The molecule has 0 aliphatic carbocycles. The number of carbonyl (C=O) groups excluding carboxylic acids is 1. The van der Waals surface area contributed by atoms with Gasteiger partial charge in [0.1, 0.15) is 11.3 Å². The van der Waals surface area contributed by atoms with Crippen LogP contribution in [0.3, 0.4) is 0 Å². The summed E-state index contributed by atoms with van der Waals surface area (Å²) in [5, 5.41) is 6.55. The number of fused-ring (bicyclic) bond motifs is 1. The average molecular weight is 373 g/mol. The number of rotatable bonds is 3. The van der Waals surface area contributed by atoms with Gasteiger partial charge in [0.15, 0.2) is 23.1 Å². The van der Waals surface area contributed by atoms with Crippen LogP contribution in [0.25, 0.3) is 5.65 Å². The highest BCUT2D eigenvalue weighted by molar-refractivity contribution is 6.12. The third-order valence-electron chi connectivity index (χ3n) is 4.49. The van der Waals surface area contributed by atoms with E-state index in [0.717, 1.165) is 42.4 Å². The van der Waals surface area contributed by atoms with Crippen molar-refractivity contribution in [2.75, 3.05) is 29.0 Å². The number of carbonyl (C=O) groups is 1. The molecule has 0 aromatic carbocycles. The SMILES string of the molecule is Nc1nn2cc(F)cnc2c1C(=O)Nc1cncc(F)c1N1CCCCC1. The lowest BCUT2D eigenvalue weighted by Gasteiger charge is -2.30. The van der Waals surface area contributed by atoms with Crippen molar-refractivity contribution in [2.45, 2.75) is 19.3 Å². The largest absolute Gasteiger partial charge is 0.381 e. The van der Waals surface area contributed by atoms with Crippen LogP contribution in [0.4, 0.5) is 26.0 Å². The highest BCUT2D eigenvalue weighted by atomic mass is 19.1. The van der Waals surface area contributed by atoms with E-state index in [2.05, 4.69) is 20.4 Å². The fourth-order valence-electron chi connectivity index (χ4n) is 3.29. The highest BCUT2D eigenvalue weighted by Crippen LogP contribution is 2.31. The Labute approximate surface area is 153 Å². The molecule has 1 aliphatic rings. The summed E-state index contributed by atoms with van der Waals surface area (Å²) in [5.41, 5.74) is 6.45. The summed E-state index contributed by atoms with van der Waals surface area (Å²) in [7, 11) is 0. The Morgan fingerprint density at radius 3 is 2.70 bits per heavy atom. The molecule has 1 aliphatic heterocycles. The Bertz CT molecular complexity index is 1010. The summed E-state index contributed by atoms with van der Waals surface area (Å²) in [5.74, 6) is -1.84. The quantitative estimate of drug-likeness (QED) is 0.730. The maximum atomic E-state index is 14.5. The van der Waals surface area contributed by atoms with Gasteiger partial charge in [0.05, 0.1) is 30.5 Å². The van der Waals surface area contributed by atoms with Crippen LogP contribution in [0.15, 0.2) is 24.8 Å². The van der Waals surface area contributed by atoms with E-state index in [0.29, 0.717) is 18.8 Å². The maximum absolute atomic E-state index is 14.5. The summed E-state index contributed by atoms with van der Waals surface area (Å²) < 4.78 is 28.9. The summed E-state index contributed by atoms with van der Waals surface area (Å²) in [6, 6.07) is 0. The molecule has 27 heavy (non-hydrogen) atoms. The van der Waals surface area contributed by atoms with E-state index < -0.39 is 17.5 Å². The summed E-state index contributed by atoms with van der Waals surface area (Å²) in [6.45, 7) is 1.40. The predicted molar refractivity (Wildman–Crippen MR) is 95.6 cm³/mol. The number of hydrogen-bond donors (Lipinski definition) is 2. The van der Waals surface area contributed by atoms with Crippen LogP contribution in [-0.2, 0) is 0 Å². The molecular formula is C17H17F2N7O. The molecule has 0 atom stereocenters. The molecule has 0 radical (unpaired) electrons. The monoisotopic (exact) mass is 373 g/mol. The van der Waals surface area contributed by atoms with Crippen LogP contribution in [0.2, 0.25) is 0 Å². The summed E-state index contributed by atoms with van der Waals surface area (Å²) in [6.07, 6.45) is 7.53. The standard InChI is InChI=1S/C17H17F2N7O/c18-10-6-22-16-13(15(20)24-26(16)9-10)17(27)23-12-8-21-7-11(19)14(12)25-4-2-1-3-5-25/h6-9H,1-5H2,(H2,20,24)(H,23,27). The number of nitrogens with one attached hydrogen (secondary N) is 1. The lowest BCUT2D eigenvalue weighted by molar-refractivity contribution is 0.102. The van der Waals surface area contributed by atoms with Gasteiger partial charge in [-0.1, -0.05) is 0 Å². The number of anilines is 3. The van der Waals surface area contributed by atoms with Crippen LogP contribution in [0, 0.1) is 11.6 Å². The molecule has 0 unspecified atom stereocenters. The minimum absolute atomic E-state index is 0.0103. The van der Waals surface area contributed by atoms with Crippen molar-refractivity contribution in [3.8, 4) is 0 Å². The molecule has 1 saturated heterocycles. The number of nitrogens with zero attached hydrogens (tertiary/aromatic N) is 5. The molecule has 1 amide bonds. The molecule has 10 heteroatoms. The zero-order chi connectivity index (χ0) is 19.0. The fraction of sp³-hybridized carbons (Fsp3) is 0.294.